The minimum atomic E-state index is 0.304. The Morgan fingerprint density at radius 1 is 1.17 bits per heavy atom. The Labute approximate surface area is 75.7 Å². The molecule has 0 spiro atoms. The third-order valence-electron chi connectivity index (χ3n) is 4.06. The number of nitrogens with two attached hydrogens (primary N) is 1. The number of hydrogen-bond donors (Lipinski definition) is 1. The quantitative estimate of drug-likeness (QED) is 0.672. The molecule has 0 aromatic rings. The second-order valence-corrected chi connectivity index (χ2v) is 4.86. The molecule has 0 unspecified atom stereocenters. The first kappa shape index (κ1) is 8.55. The highest BCUT2D eigenvalue weighted by atomic mass is 14.8. The zero-order chi connectivity index (χ0) is 8.60. The number of hydrogen-bond acceptors (Lipinski definition) is 1. The van der Waals surface area contributed by atoms with Crippen LogP contribution in [-0.4, -0.2) is 5.54 Å². The van der Waals surface area contributed by atoms with E-state index < -0.39 is 0 Å². The van der Waals surface area contributed by atoms with Gasteiger partial charge in [-0.3, -0.25) is 0 Å². The summed E-state index contributed by atoms with van der Waals surface area (Å²) < 4.78 is 0. The van der Waals surface area contributed by atoms with Gasteiger partial charge in [-0.25, -0.2) is 0 Å². The predicted octanol–water partition coefficient (Wildman–Crippen LogP) is 2.69. The van der Waals surface area contributed by atoms with Gasteiger partial charge < -0.3 is 5.73 Å². The van der Waals surface area contributed by atoms with Gasteiger partial charge in [0.05, 0.1) is 0 Å². The largest absolute Gasteiger partial charge is 0.325 e. The molecular formula is C11H21N. The first-order valence-corrected chi connectivity index (χ1v) is 5.53. The summed E-state index contributed by atoms with van der Waals surface area (Å²) in [6, 6.07) is 0. The predicted molar refractivity (Wildman–Crippen MR) is 51.9 cm³/mol. The van der Waals surface area contributed by atoms with E-state index in [1.54, 1.807) is 0 Å². The summed E-state index contributed by atoms with van der Waals surface area (Å²) in [6.07, 6.45) is 9.69. The molecule has 0 aliphatic heterocycles. The monoisotopic (exact) mass is 167 g/mol. The van der Waals surface area contributed by atoms with Crippen molar-refractivity contribution < 1.29 is 0 Å². The lowest BCUT2D eigenvalue weighted by Crippen LogP contribution is -2.35. The van der Waals surface area contributed by atoms with Crippen LogP contribution in [0.25, 0.3) is 0 Å². The van der Waals surface area contributed by atoms with E-state index in [1.165, 1.54) is 44.9 Å². The minimum Gasteiger partial charge on any atom is -0.325 e. The van der Waals surface area contributed by atoms with Gasteiger partial charge >= 0.3 is 0 Å². The van der Waals surface area contributed by atoms with E-state index >= 15 is 0 Å². The summed E-state index contributed by atoms with van der Waals surface area (Å²) in [6.45, 7) is 2.32. The molecular weight excluding hydrogens is 146 g/mol. The molecule has 2 aliphatic carbocycles. The summed E-state index contributed by atoms with van der Waals surface area (Å²) in [5.74, 6) is 1.89. The van der Waals surface area contributed by atoms with E-state index in [2.05, 4.69) is 6.92 Å². The Morgan fingerprint density at radius 3 is 2.17 bits per heavy atom. The highest BCUT2D eigenvalue weighted by Crippen LogP contribution is 2.47. The van der Waals surface area contributed by atoms with Crippen molar-refractivity contribution in [2.45, 2.75) is 57.4 Å². The average Bonchev–Trinajstić information content (AvgIpc) is 2.85. The Bertz CT molecular complexity index is 152. The fourth-order valence-corrected chi connectivity index (χ4v) is 2.70. The molecule has 2 N–H and O–H groups in total. The van der Waals surface area contributed by atoms with Crippen LogP contribution in [0.1, 0.15) is 51.9 Å². The third-order valence-corrected chi connectivity index (χ3v) is 4.06. The highest BCUT2D eigenvalue weighted by molar-refractivity contribution is 5.04. The van der Waals surface area contributed by atoms with Gasteiger partial charge in [-0.1, -0.05) is 26.2 Å². The van der Waals surface area contributed by atoms with Crippen molar-refractivity contribution in [3.63, 3.8) is 0 Å². The van der Waals surface area contributed by atoms with E-state index in [9.17, 15) is 0 Å². The summed E-state index contributed by atoms with van der Waals surface area (Å²) in [5, 5.41) is 0. The molecule has 0 bridgehead atoms. The Balaban J connectivity index is 1.82. The van der Waals surface area contributed by atoms with Gasteiger partial charge in [-0.2, -0.15) is 0 Å². The summed E-state index contributed by atoms with van der Waals surface area (Å²) in [5.41, 5.74) is 6.51. The lowest BCUT2D eigenvalue weighted by Gasteiger charge is -2.31. The lowest BCUT2D eigenvalue weighted by molar-refractivity contribution is 0.229. The maximum absolute atomic E-state index is 6.21. The topological polar surface area (TPSA) is 26.0 Å². The van der Waals surface area contributed by atoms with E-state index in [1.807, 2.05) is 0 Å². The van der Waals surface area contributed by atoms with Crippen molar-refractivity contribution >= 4 is 0 Å². The SMILES string of the molecule is CCC1CCC(C2(N)CC2)CC1. The van der Waals surface area contributed by atoms with Gasteiger partial charge in [-0.05, 0) is 37.5 Å². The molecule has 1 heteroatoms. The fraction of sp³-hybridized carbons (Fsp3) is 1.00. The standard InChI is InChI=1S/C11H21N/c1-2-9-3-5-10(6-4-9)11(12)7-8-11/h9-10H,2-8,12H2,1H3. The van der Waals surface area contributed by atoms with E-state index in [4.69, 9.17) is 5.73 Å². The van der Waals surface area contributed by atoms with Crippen molar-refractivity contribution in [2.24, 2.45) is 17.6 Å². The first-order valence-electron chi connectivity index (χ1n) is 5.53. The average molecular weight is 167 g/mol. The van der Waals surface area contributed by atoms with Crippen LogP contribution >= 0.6 is 0 Å². The summed E-state index contributed by atoms with van der Waals surface area (Å²) in [7, 11) is 0. The van der Waals surface area contributed by atoms with Gasteiger partial charge in [0.25, 0.3) is 0 Å². The van der Waals surface area contributed by atoms with Crippen LogP contribution < -0.4 is 5.73 Å². The maximum Gasteiger partial charge on any atom is 0.0184 e. The van der Waals surface area contributed by atoms with Crippen LogP contribution in [0.3, 0.4) is 0 Å². The normalized spacial score (nSPS) is 39.5. The molecule has 2 aliphatic rings. The summed E-state index contributed by atoms with van der Waals surface area (Å²) >= 11 is 0. The van der Waals surface area contributed by atoms with Crippen molar-refractivity contribution in [3.8, 4) is 0 Å². The van der Waals surface area contributed by atoms with Crippen molar-refractivity contribution in [1.82, 2.24) is 0 Å². The van der Waals surface area contributed by atoms with Gasteiger partial charge in [0.15, 0.2) is 0 Å². The molecule has 2 rings (SSSR count). The molecule has 0 heterocycles. The molecule has 0 aromatic carbocycles. The van der Waals surface area contributed by atoms with Gasteiger partial charge in [0.2, 0.25) is 0 Å². The minimum absolute atomic E-state index is 0.304. The summed E-state index contributed by atoms with van der Waals surface area (Å²) in [4.78, 5) is 0. The van der Waals surface area contributed by atoms with E-state index in [0.717, 1.165) is 11.8 Å². The van der Waals surface area contributed by atoms with E-state index in [0.29, 0.717) is 5.54 Å². The van der Waals surface area contributed by atoms with Gasteiger partial charge in [-0.15, -0.1) is 0 Å². The van der Waals surface area contributed by atoms with E-state index in [-0.39, 0.29) is 0 Å². The smallest absolute Gasteiger partial charge is 0.0184 e. The number of rotatable bonds is 2. The molecule has 0 aromatic heterocycles. The third kappa shape index (κ3) is 1.52. The molecule has 2 fully saturated rings. The Hall–Kier alpha value is -0.0400. The molecule has 0 atom stereocenters. The lowest BCUT2D eigenvalue weighted by atomic mass is 9.77. The molecule has 2 saturated carbocycles. The van der Waals surface area contributed by atoms with Crippen LogP contribution in [0.4, 0.5) is 0 Å². The zero-order valence-corrected chi connectivity index (χ0v) is 8.18. The van der Waals surface area contributed by atoms with Crippen LogP contribution in [0.5, 0.6) is 0 Å². The Kier molecular flexibility index (Phi) is 2.16. The molecule has 1 nitrogen and oxygen atoms in total. The molecule has 70 valence electrons. The van der Waals surface area contributed by atoms with Crippen molar-refractivity contribution in [1.29, 1.82) is 0 Å². The molecule has 0 saturated heterocycles. The van der Waals surface area contributed by atoms with Gasteiger partial charge in [0.1, 0.15) is 0 Å². The fourth-order valence-electron chi connectivity index (χ4n) is 2.70. The zero-order valence-electron chi connectivity index (χ0n) is 8.18. The second kappa shape index (κ2) is 3.02. The van der Waals surface area contributed by atoms with Crippen LogP contribution in [0.15, 0.2) is 0 Å². The maximum atomic E-state index is 6.21. The Morgan fingerprint density at radius 2 is 1.75 bits per heavy atom. The molecule has 0 amide bonds. The van der Waals surface area contributed by atoms with Gasteiger partial charge in [0, 0.05) is 5.54 Å². The second-order valence-electron chi connectivity index (χ2n) is 4.86. The molecule has 12 heavy (non-hydrogen) atoms. The van der Waals surface area contributed by atoms with Crippen LogP contribution in [0.2, 0.25) is 0 Å². The van der Waals surface area contributed by atoms with Crippen molar-refractivity contribution in [3.05, 3.63) is 0 Å². The molecule has 0 radical (unpaired) electrons. The van der Waals surface area contributed by atoms with Crippen LogP contribution in [0, 0.1) is 11.8 Å². The van der Waals surface area contributed by atoms with Crippen molar-refractivity contribution in [2.75, 3.05) is 0 Å². The first-order chi connectivity index (χ1) is 5.74. The highest BCUT2D eigenvalue weighted by Gasteiger charge is 2.46. The van der Waals surface area contributed by atoms with Crippen LogP contribution in [-0.2, 0) is 0 Å².